The summed E-state index contributed by atoms with van der Waals surface area (Å²) in [6.45, 7) is 9.53. The first kappa shape index (κ1) is 36.7. The van der Waals surface area contributed by atoms with Crippen LogP contribution in [0.2, 0.25) is 0 Å². The molecule has 0 rings (SSSR count). The van der Waals surface area contributed by atoms with Crippen molar-refractivity contribution in [1.29, 1.82) is 0 Å². The third kappa shape index (κ3) is 31.9. The Hall–Kier alpha value is -0.260. The van der Waals surface area contributed by atoms with Crippen LogP contribution in [0.5, 0.6) is 0 Å². The highest BCUT2D eigenvalue weighted by Gasteiger charge is 2.03. The fraction of sp³-hybridized carbons (Fsp3) is 0.946. The van der Waals surface area contributed by atoms with Gasteiger partial charge in [0.25, 0.3) is 0 Å². The summed E-state index contributed by atoms with van der Waals surface area (Å²) in [5, 5.41) is 0. The normalized spacial score (nSPS) is 13.5. The Bertz CT molecular complexity index is 422. The molecule has 0 nitrogen and oxygen atoms in total. The minimum Gasteiger partial charge on any atom is -0.0885 e. The number of hydrogen-bond acceptors (Lipinski definition) is 0. The minimum absolute atomic E-state index is 0.941. The zero-order valence-electron chi connectivity index (χ0n) is 26.8. The van der Waals surface area contributed by atoms with E-state index in [-0.39, 0.29) is 0 Å². The van der Waals surface area contributed by atoms with E-state index in [0.717, 1.165) is 11.8 Å². The molecule has 0 heteroatoms. The van der Waals surface area contributed by atoms with E-state index in [1.807, 2.05) is 0 Å². The molecule has 0 aromatic carbocycles. The predicted octanol–water partition coefficient (Wildman–Crippen LogP) is 14.2. The van der Waals surface area contributed by atoms with E-state index in [0.29, 0.717) is 0 Å². The highest BCUT2D eigenvalue weighted by molar-refractivity contribution is 4.81. The first-order valence-corrected chi connectivity index (χ1v) is 17.9. The van der Waals surface area contributed by atoms with Gasteiger partial charge in [-0.05, 0) is 37.5 Å². The molecule has 2 unspecified atom stereocenters. The molecular formula is C37H74. The standard InChI is InChI=1S/C37H74/c1-5-7-8-9-10-11-12-13-14-15-16-17-18-19-20-21-22-23-24-25-27-31-34-37(4)35-32-29-26-28-30-33-36(3)6-2/h18-19,36-37H,5-17,20-35H2,1-4H3. The molecule has 37 heavy (non-hydrogen) atoms. The molecule has 0 aliphatic carbocycles. The third-order valence-electron chi connectivity index (χ3n) is 8.80. The van der Waals surface area contributed by atoms with E-state index in [1.165, 1.54) is 186 Å². The topological polar surface area (TPSA) is 0 Å². The summed E-state index contributed by atoms with van der Waals surface area (Å²) in [5.41, 5.74) is 0. The number of allylic oxidation sites excluding steroid dienone is 2. The van der Waals surface area contributed by atoms with Crippen molar-refractivity contribution in [2.24, 2.45) is 11.8 Å². The summed E-state index contributed by atoms with van der Waals surface area (Å²) in [7, 11) is 0. The summed E-state index contributed by atoms with van der Waals surface area (Å²) in [4.78, 5) is 0. The Morgan fingerprint density at radius 3 is 1.00 bits per heavy atom. The van der Waals surface area contributed by atoms with Gasteiger partial charge in [0.05, 0.1) is 0 Å². The van der Waals surface area contributed by atoms with E-state index in [2.05, 4.69) is 39.8 Å². The molecule has 0 N–H and O–H groups in total. The molecule has 0 aromatic heterocycles. The average molecular weight is 519 g/mol. The van der Waals surface area contributed by atoms with Crippen LogP contribution in [-0.2, 0) is 0 Å². The van der Waals surface area contributed by atoms with Crippen LogP contribution in [0.1, 0.15) is 214 Å². The Labute approximate surface area is 237 Å². The third-order valence-corrected chi connectivity index (χ3v) is 8.80. The Morgan fingerprint density at radius 2 is 0.649 bits per heavy atom. The van der Waals surface area contributed by atoms with Crippen molar-refractivity contribution < 1.29 is 0 Å². The van der Waals surface area contributed by atoms with Gasteiger partial charge in [0.2, 0.25) is 0 Å². The number of hydrogen-bond donors (Lipinski definition) is 0. The van der Waals surface area contributed by atoms with Gasteiger partial charge in [-0.3, -0.25) is 0 Å². The predicted molar refractivity (Wildman–Crippen MR) is 173 cm³/mol. The lowest BCUT2D eigenvalue weighted by Gasteiger charge is -2.11. The summed E-state index contributed by atoms with van der Waals surface area (Å²) >= 11 is 0. The van der Waals surface area contributed by atoms with Gasteiger partial charge >= 0.3 is 0 Å². The van der Waals surface area contributed by atoms with Crippen molar-refractivity contribution in [3.8, 4) is 0 Å². The second-order valence-electron chi connectivity index (χ2n) is 12.8. The maximum absolute atomic E-state index is 2.49. The summed E-state index contributed by atoms with van der Waals surface area (Å²) < 4.78 is 0. The molecule has 0 amide bonds. The highest BCUT2D eigenvalue weighted by atomic mass is 14.1. The Kier molecular flexibility index (Phi) is 31.7. The lowest BCUT2D eigenvalue weighted by molar-refractivity contribution is 0.425. The molecule has 0 radical (unpaired) electrons. The van der Waals surface area contributed by atoms with Crippen LogP contribution in [-0.4, -0.2) is 0 Å². The summed E-state index contributed by atoms with van der Waals surface area (Å²) in [6.07, 6.45) is 46.7. The fourth-order valence-electron chi connectivity index (χ4n) is 5.67. The van der Waals surface area contributed by atoms with Gasteiger partial charge in [0, 0.05) is 0 Å². The van der Waals surface area contributed by atoms with Crippen molar-refractivity contribution in [2.45, 2.75) is 214 Å². The molecule has 0 bridgehead atoms. The van der Waals surface area contributed by atoms with E-state index in [9.17, 15) is 0 Å². The first-order chi connectivity index (χ1) is 18.2. The van der Waals surface area contributed by atoms with E-state index < -0.39 is 0 Å². The van der Waals surface area contributed by atoms with Crippen molar-refractivity contribution in [1.82, 2.24) is 0 Å². The molecule has 0 spiro atoms. The maximum Gasteiger partial charge on any atom is -0.0351 e. The van der Waals surface area contributed by atoms with Gasteiger partial charge in [0.1, 0.15) is 0 Å². The van der Waals surface area contributed by atoms with Crippen LogP contribution in [0.25, 0.3) is 0 Å². The number of rotatable bonds is 31. The summed E-state index contributed by atoms with van der Waals surface area (Å²) in [6, 6.07) is 0. The van der Waals surface area contributed by atoms with Crippen molar-refractivity contribution in [2.75, 3.05) is 0 Å². The van der Waals surface area contributed by atoms with Crippen LogP contribution in [0.15, 0.2) is 12.2 Å². The zero-order chi connectivity index (χ0) is 27.1. The van der Waals surface area contributed by atoms with Crippen molar-refractivity contribution in [3.63, 3.8) is 0 Å². The monoisotopic (exact) mass is 519 g/mol. The minimum atomic E-state index is 0.941. The van der Waals surface area contributed by atoms with Crippen LogP contribution in [0.4, 0.5) is 0 Å². The van der Waals surface area contributed by atoms with E-state index in [1.54, 1.807) is 0 Å². The van der Waals surface area contributed by atoms with Gasteiger partial charge in [-0.2, -0.15) is 0 Å². The lowest BCUT2D eigenvalue weighted by atomic mass is 9.95. The lowest BCUT2D eigenvalue weighted by Crippen LogP contribution is -1.95. The quantitative estimate of drug-likeness (QED) is 0.0632. The van der Waals surface area contributed by atoms with Crippen LogP contribution < -0.4 is 0 Å². The molecule has 0 aromatic rings. The maximum atomic E-state index is 2.49. The SMILES string of the molecule is CCCCCCCCCCCCCC=CCCCCCCCCCC(C)CCCCCCCC(C)CC. The Morgan fingerprint density at radius 1 is 0.351 bits per heavy atom. The van der Waals surface area contributed by atoms with Gasteiger partial charge in [-0.25, -0.2) is 0 Å². The zero-order valence-corrected chi connectivity index (χ0v) is 26.8. The summed E-state index contributed by atoms with van der Waals surface area (Å²) in [5.74, 6) is 1.90. The highest BCUT2D eigenvalue weighted by Crippen LogP contribution is 2.20. The average Bonchev–Trinajstić information content (AvgIpc) is 2.90. The van der Waals surface area contributed by atoms with Gasteiger partial charge in [0.15, 0.2) is 0 Å². The van der Waals surface area contributed by atoms with E-state index in [4.69, 9.17) is 0 Å². The first-order valence-electron chi connectivity index (χ1n) is 17.9. The molecule has 0 saturated carbocycles. The smallest absolute Gasteiger partial charge is 0.0351 e. The second-order valence-corrected chi connectivity index (χ2v) is 12.8. The molecule has 2 atom stereocenters. The van der Waals surface area contributed by atoms with Gasteiger partial charge in [-0.1, -0.05) is 200 Å². The molecule has 0 heterocycles. The molecule has 0 saturated heterocycles. The molecule has 222 valence electrons. The number of unbranched alkanes of at least 4 members (excludes halogenated alkanes) is 22. The van der Waals surface area contributed by atoms with Gasteiger partial charge in [-0.15, -0.1) is 0 Å². The van der Waals surface area contributed by atoms with Crippen LogP contribution in [0, 0.1) is 11.8 Å². The second kappa shape index (κ2) is 32.0. The van der Waals surface area contributed by atoms with Crippen molar-refractivity contribution >= 4 is 0 Å². The molecule has 0 fully saturated rings. The fourth-order valence-corrected chi connectivity index (χ4v) is 5.67. The van der Waals surface area contributed by atoms with Crippen LogP contribution in [0.3, 0.4) is 0 Å². The van der Waals surface area contributed by atoms with Gasteiger partial charge < -0.3 is 0 Å². The Balaban J connectivity index is 3.20. The largest absolute Gasteiger partial charge is 0.0885 e. The van der Waals surface area contributed by atoms with Crippen LogP contribution >= 0.6 is 0 Å². The molecule has 0 aliphatic heterocycles. The van der Waals surface area contributed by atoms with Crippen molar-refractivity contribution in [3.05, 3.63) is 12.2 Å². The molecular weight excluding hydrogens is 444 g/mol. The molecule has 0 aliphatic rings. The van der Waals surface area contributed by atoms with E-state index >= 15 is 0 Å².